The SMILES string of the molecule is [2H]c1c(Cl)c([2H])c(-c2cc(Cl)c(Cl)c(Cl)c2Cl)c([2H])c1Cl. The zero-order chi connectivity index (χ0) is 16.1. The Labute approximate surface area is 139 Å². The molecule has 2 rings (SSSR count). The fourth-order valence-electron chi connectivity index (χ4n) is 1.30. The molecule has 0 unspecified atom stereocenters. The highest BCUT2D eigenvalue weighted by molar-refractivity contribution is 6.52. The first kappa shape index (κ1) is 10.9. The van der Waals surface area contributed by atoms with E-state index in [-0.39, 0.29) is 59.4 Å². The molecule has 18 heavy (non-hydrogen) atoms. The summed E-state index contributed by atoms with van der Waals surface area (Å²) >= 11 is 35.7. The summed E-state index contributed by atoms with van der Waals surface area (Å²) in [5, 5.41) is -0.171. The Bertz CT molecular complexity index is 731. The van der Waals surface area contributed by atoms with Gasteiger partial charge in [-0.25, -0.2) is 0 Å². The highest BCUT2D eigenvalue weighted by Gasteiger charge is 2.15. The van der Waals surface area contributed by atoms with Crippen LogP contribution in [0.3, 0.4) is 0 Å². The number of halogens is 6. The molecule has 0 saturated heterocycles. The van der Waals surface area contributed by atoms with Crippen LogP contribution in [0.1, 0.15) is 4.11 Å². The van der Waals surface area contributed by atoms with E-state index in [2.05, 4.69) is 0 Å². The van der Waals surface area contributed by atoms with Crippen LogP contribution in [0, 0.1) is 0 Å². The summed E-state index contributed by atoms with van der Waals surface area (Å²) in [5.74, 6) is 0. The van der Waals surface area contributed by atoms with Crippen molar-refractivity contribution in [3.63, 3.8) is 0 Å². The van der Waals surface area contributed by atoms with Gasteiger partial charge in [-0.1, -0.05) is 69.6 Å². The Hall–Kier alpha value is 0.180. The average molecular weight is 364 g/mol. The summed E-state index contributed by atoms with van der Waals surface area (Å²) in [7, 11) is 0. The molecule has 0 aliphatic rings. The molecule has 2 aromatic rings. The Morgan fingerprint density at radius 1 is 0.722 bits per heavy atom. The lowest BCUT2D eigenvalue weighted by Crippen LogP contribution is -1.84. The van der Waals surface area contributed by atoms with Gasteiger partial charge in [-0.15, -0.1) is 0 Å². The van der Waals surface area contributed by atoms with E-state index < -0.39 is 0 Å². The zero-order valence-electron chi connectivity index (χ0n) is 11.3. The van der Waals surface area contributed by atoms with Gasteiger partial charge in [0.05, 0.1) is 24.2 Å². The zero-order valence-corrected chi connectivity index (χ0v) is 12.9. The lowest BCUT2D eigenvalue weighted by Gasteiger charge is -2.10. The summed E-state index contributed by atoms with van der Waals surface area (Å²) in [6.07, 6.45) is 0. The summed E-state index contributed by atoms with van der Waals surface area (Å²) in [6, 6.07) is 0.569. The van der Waals surface area contributed by atoms with Crippen molar-refractivity contribution in [1.82, 2.24) is 0 Å². The first-order valence-electron chi connectivity index (χ1n) is 5.96. The fourth-order valence-corrected chi connectivity index (χ4v) is 2.62. The first-order chi connectivity index (χ1) is 9.68. The molecule has 2 aromatic carbocycles. The van der Waals surface area contributed by atoms with Crippen LogP contribution >= 0.6 is 69.6 Å². The van der Waals surface area contributed by atoms with Crippen molar-refractivity contribution in [1.29, 1.82) is 0 Å². The molecule has 0 aromatic heterocycles. The Morgan fingerprint density at radius 2 is 1.28 bits per heavy atom. The lowest BCUT2D eigenvalue weighted by atomic mass is 10.1. The molecule has 0 heterocycles. The van der Waals surface area contributed by atoms with Gasteiger partial charge in [0.15, 0.2) is 0 Å². The molecule has 0 bridgehead atoms. The number of benzene rings is 2. The van der Waals surface area contributed by atoms with Crippen LogP contribution in [-0.4, -0.2) is 0 Å². The van der Waals surface area contributed by atoms with Gasteiger partial charge in [0.1, 0.15) is 0 Å². The van der Waals surface area contributed by atoms with Crippen molar-refractivity contribution in [3.8, 4) is 11.1 Å². The van der Waals surface area contributed by atoms with Crippen LogP contribution < -0.4 is 0 Å². The van der Waals surface area contributed by atoms with Crippen LogP contribution in [0.4, 0.5) is 0 Å². The van der Waals surface area contributed by atoms with Crippen LogP contribution in [0.15, 0.2) is 24.2 Å². The molecule has 6 heteroatoms. The van der Waals surface area contributed by atoms with Gasteiger partial charge in [0.2, 0.25) is 0 Å². The number of hydrogen-bond acceptors (Lipinski definition) is 0. The van der Waals surface area contributed by atoms with Crippen molar-refractivity contribution >= 4 is 69.6 Å². The van der Waals surface area contributed by atoms with E-state index >= 15 is 0 Å². The molecular weight excluding hydrogens is 357 g/mol. The van der Waals surface area contributed by atoms with Gasteiger partial charge in [0, 0.05) is 15.6 Å². The minimum Gasteiger partial charge on any atom is -0.0843 e. The van der Waals surface area contributed by atoms with Crippen LogP contribution in [0.2, 0.25) is 30.1 Å². The molecule has 0 atom stereocenters. The second-order valence-corrected chi connectivity index (χ2v) is 5.52. The fraction of sp³-hybridized carbons (Fsp3) is 0. The van der Waals surface area contributed by atoms with Crippen molar-refractivity contribution in [3.05, 3.63) is 54.3 Å². The van der Waals surface area contributed by atoms with Crippen molar-refractivity contribution in [2.24, 2.45) is 0 Å². The van der Waals surface area contributed by atoms with E-state index in [0.717, 1.165) is 0 Å². The summed E-state index contributed by atoms with van der Waals surface area (Å²) in [6.45, 7) is 0. The molecule has 0 nitrogen and oxygen atoms in total. The third kappa shape index (κ3) is 2.85. The monoisotopic (exact) mass is 361 g/mol. The van der Waals surface area contributed by atoms with E-state index in [1.54, 1.807) is 0 Å². The van der Waals surface area contributed by atoms with Gasteiger partial charge in [-0.05, 0) is 29.8 Å². The predicted octanol–water partition coefficient (Wildman–Crippen LogP) is 7.27. The molecule has 0 aliphatic carbocycles. The van der Waals surface area contributed by atoms with Crippen molar-refractivity contribution in [2.75, 3.05) is 0 Å². The molecule has 94 valence electrons. The minimum absolute atomic E-state index is 0.00169. The van der Waals surface area contributed by atoms with Gasteiger partial charge in [-0.2, -0.15) is 0 Å². The topological polar surface area (TPSA) is 0 Å². The van der Waals surface area contributed by atoms with E-state index in [1.807, 2.05) is 0 Å². The summed E-state index contributed by atoms with van der Waals surface area (Å²) in [4.78, 5) is 0. The van der Waals surface area contributed by atoms with Crippen LogP contribution in [0.25, 0.3) is 11.1 Å². The predicted molar refractivity (Wildman–Crippen MR) is 81.9 cm³/mol. The van der Waals surface area contributed by atoms with Crippen molar-refractivity contribution in [2.45, 2.75) is 0 Å². The van der Waals surface area contributed by atoms with Crippen LogP contribution in [-0.2, 0) is 0 Å². The van der Waals surface area contributed by atoms with Crippen molar-refractivity contribution < 1.29 is 4.11 Å². The summed E-state index contributed by atoms with van der Waals surface area (Å²) < 4.78 is 23.6. The maximum atomic E-state index is 7.99. The highest BCUT2D eigenvalue weighted by Crippen LogP contribution is 2.43. The largest absolute Gasteiger partial charge is 0.0843 e. The molecule has 0 fully saturated rings. The Balaban J connectivity index is 2.93. The van der Waals surface area contributed by atoms with E-state index in [0.29, 0.717) is 0 Å². The first-order valence-corrected chi connectivity index (χ1v) is 6.73. The maximum Gasteiger partial charge on any atom is 0.0800 e. The van der Waals surface area contributed by atoms with Gasteiger partial charge in [0.25, 0.3) is 0 Å². The average Bonchev–Trinajstić information content (AvgIpc) is 2.46. The Kier molecular flexibility index (Phi) is 3.43. The quantitative estimate of drug-likeness (QED) is 0.369. The van der Waals surface area contributed by atoms with Gasteiger partial charge < -0.3 is 0 Å². The maximum absolute atomic E-state index is 7.99. The molecular formula is C12H4Cl6. The second kappa shape index (κ2) is 5.66. The third-order valence-corrected chi connectivity index (χ3v) is 4.19. The van der Waals surface area contributed by atoms with Gasteiger partial charge in [-0.3, -0.25) is 0 Å². The molecule has 0 aliphatic heterocycles. The number of rotatable bonds is 1. The van der Waals surface area contributed by atoms with Gasteiger partial charge >= 0.3 is 0 Å². The van der Waals surface area contributed by atoms with E-state index in [4.69, 9.17) is 73.7 Å². The molecule has 0 saturated carbocycles. The molecule has 0 radical (unpaired) electrons. The Morgan fingerprint density at radius 3 is 1.83 bits per heavy atom. The van der Waals surface area contributed by atoms with E-state index in [1.165, 1.54) is 6.07 Å². The molecule has 0 N–H and O–H groups in total. The smallest absolute Gasteiger partial charge is 0.0800 e. The third-order valence-electron chi connectivity index (χ3n) is 2.06. The second-order valence-electron chi connectivity index (χ2n) is 3.23. The van der Waals surface area contributed by atoms with Crippen LogP contribution in [0.5, 0.6) is 0 Å². The number of hydrogen-bond donors (Lipinski definition) is 0. The van der Waals surface area contributed by atoms with E-state index in [9.17, 15) is 0 Å². The molecule has 0 spiro atoms. The minimum atomic E-state index is -0.292. The summed E-state index contributed by atoms with van der Waals surface area (Å²) in [5.41, 5.74) is 0.237. The lowest BCUT2D eigenvalue weighted by molar-refractivity contribution is 1.61. The highest BCUT2D eigenvalue weighted by atomic mass is 35.5. The normalized spacial score (nSPS) is 13.1. The molecule has 0 amide bonds. The standard InChI is InChI=1S/C12H4Cl6/c13-6-1-5(2-7(14)3-6)8-4-9(15)11(17)12(18)10(8)16/h1-4H/i1D,2D,3D.